The lowest BCUT2D eigenvalue weighted by atomic mass is 10.2. The van der Waals surface area contributed by atoms with Gasteiger partial charge in [0.15, 0.2) is 0 Å². The van der Waals surface area contributed by atoms with Gasteiger partial charge in [-0.1, -0.05) is 31.6 Å². The van der Waals surface area contributed by atoms with Crippen LogP contribution in [-0.4, -0.2) is 27.5 Å². The van der Waals surface area contributed by atoms with Gasteiger partial charge in [-0.15, -0.1) is 6.58 Å². The lowest BCUT2D eigenvalue weighted by Gasteiger charge is -2.12. The van der Waals surface area contributed by atoms with Crippen LogP contribution in [0.25, 0.3) is 0 Å². The van der Waals surface area contributed by atoms with E-state index in [1.165, 1.54) is 30.3 Å². The van der Waals surface area contributed by atoms with Crippen molar-refractivity contribution in [2.24, 2.45) is 0 Å². The standard InChI is InChI=1S/C20H24N2O4S/c1-3-5-15-26-19-9-7-6-8-18(19)22-20(23)16-10-12-17(13-11-16)27(24,25)21-14-4-2/h4,6-13,21H,2-3,5,14-15H2,1H3,(H,22,23). The number of anilines is 1. The molecule has 0 fully saturated rings. The Bertz CT molecular complexity index is 877. The Labute approximate surface area is 160 Å². The molecule has 0 unspecified atom stereocenters. The van der Waals surface area contributed by atoms with Crippen LogP contribution in [0.15, 0.2) is 66.1 Å². The molecule has 0 aliphatic carbocycles. The molecule has 1 amide bonds. The largest absolute Gasteiger partial charge is 0.491 e. The number of ether oxygens (including phenoxy) is 1. The molecule has 7 heteroatoms. The molecule has 0 aliphatic heterocycles. The summed E-state index contributed by atoms with van der Waals surface area (Å²) in [5.41, 5.74) is 0.920. The first-order valence-electron chi connectivity index (χ1n) is 8.71. The fraction of sp³-hybridized carbons (Fsp3) is 0.250. The third kappa shape index (κ3) is 5.94. The second-order valence-electron chi connectivity index (χ2n) is 5.82. The molecule has 0 saturated carbocycles. The van der Waals surface area contributed by atoms with Crippen molar-refractivity contribution in [1.29, 1.82) is 0 Å². The zero-order valence-electron chi connectivity index (χ0n) is 15.3. The molecule has 0 radical (unpaired) electrons. The van der Waals surface area contributed by atoms with Gasteiger partial charge in [0.25, 0.3) is 5.91 Å². The van der Waals surface area contributed by atoms with Gasteiger partial charge >= 0.3 is 0 Å². The van der Waals surface area contributed by atoms with Crippen molar-refractivity contribution < 1.29 is 17.9 Å². The fourth-order valence-corrected chi connectivity index (χ4v) is 3.25. The van der Waals surface area contributed by atoms with Crippen molar-refractivity contribution in [3.63, 3.8) is 0 Å². The number of para-hydroxylation sites is 2. The number of carbonyl (C=O) groups is 1. The maximum absolute atomic E-state index is 12.5. The summed E-state index contributed by atoms with van der Waals surface area (Å²) in [6.07, 6.45) is 3.41. The highest BCUT2D eigenvalue weighted by molar-refractivity contribution is 7.89. The maximum Gasteiger partial charge on any atom is 0.255 e. The monoisotopic (exact) mass is 388 g/mol. The molecule has 0 atom stereocenters. The number of hydrogen-bond donors (Lipinski definition) is 2. The summed E-state index contributed by atoms with van der Waals surface area (Å²) in [7, 11) is -3.62. The number of hydrogen-bond acceptors (Lipinski definition) is 4. The normalized spacial score (nSPS) is 11.0. The van der Waals surface area contributed by atoms with Gasteiger partial charge in [0.1, 0.15) is 5.75 Å². The van der Waals surface area contributed by atoms with Crippen LogP contribution in [0.1, 0.15) is 30.1 Å². The molecule has 0 aliphatic rings. The van der Waals surface area contributed by atoms with Crippen LogP contribution >= 0.6 is 0 Å². The van der Waals surface area contributed by atoms with Gasteiger partial charge < -0.3 is 10.1 Å². The zero-order valence-corrected chi connectivity index (χ0v) is 16.1. The predicted octanol–water partition coefficient (Wildman–Crippen LogP) is 3.58. The molecule has 2 aromatic carbocycles. The van der Waals surface area contributed by atoms with E-state index in [9.17, 15) is 13.2 Å². The highest BCUT2D eigenvalue weighted by Crippen LogP contribution is 2.24. The van der Waals surface area contributed by atoms with Crippen LogP contribution < -0.4 is 14.8 Å². The molecule has 0 spiro atoms. The first kappa shape index (κ1) is 20.7. The van der Waals surface area contributed by atoms with Gasteiger partial charge in [-0.25, -0.2) is 13.1 Å². The molecule has 0 saturated heterocycles. The van der Waals surface area contributed by atoms with E-state index in [0.717, 1.165) is 12.8 Å². The van der Waals surface area contributed by atoms with Crippen molar-refractivity contribution in [3.05, 3.63) is 66.7 Å². The van der Waals surface area contributed by atoms with Gasteiger partial charge in [0, 0.05) is 12.1 Å². The quantitative estimate of drug-likeness (QED) is 0.481. The molecule has 0 bridgehead atoms. The maximum atomic E-state index is 12.5. The molecular weight excluding hydrogens is 364 g/mol. The van der Waals surface area contributed by atoms with Crippen LogP contribution in [0.3, 0.4) is 0 Å². The van der Waals surface area contributed by atoms with E-state index in [1.807, 2.05) is 12.1 Å². The van der Waals surface area contributed by atoms with E-state index < -0.39 is 10.0 Å². The minimum absolute atomic E-state index is 0.0872. The van der Waals surface area contributed by atoms with Crippen LogP contribution in [0.4, 0.5) is 5.69 Å². The van der Waals surface area contributed by atoms with Crippen molar-refractivity contribution in [2.75, 3.05) is 18.5 Å². The van der Waals surface area contributed by atoms with Gasteiger partial charge in [0.05, 0.1) is 17.2 Å². The summed E-state index contributed by atoms with van der Waals surface area (Å²) < 4.78 is 32.2. The SMILES string of the molecule is C=CCNS(=O)(=O)c1ccc(C(=O)Nc2ccccc2OCCCC)cc1. The Kier molecular flexibility index (Phi) is 7.57. The van der Waals surface area contributed by atoms with Crippen molar-refractivity contribution in [2.45, 2.75) is 24.7 Å². The topological polar surface area (TPSA) is 84.5 Å². The Balaban J connectivity index is 2.10. The van der Waals surface area contributed by atoms with E-state index in [-0.39, 0.29) is 17.3 Å². The predicted molar refractivity (Wildman–Crippen MR) is 107 cm³/mol. The lowest BCUT2D eigenvalue weighted by molar-refractivity contribution is 0.102. The van der Waals surface area contributed by atoms with E-state index >= 15 is 0 Å². The summed E-state index contributed by atoms with van der Waals surface area (Å²) in [5, 5.41) is 2.80. The zero-order chi connectivity index (χ0) is 19.7. The van der Waals surface area contributed by atoms with E-state index in [1.54, 1.807) is 12.1 Å². The fourth-order valence-electron chi connectivity index (χ4n) is 2.25. The molecule has 27 heavy (non-hydrogen) atoms. The summed E-state index contributed by atoms with van der Waals surface area (Å²) >= 11 is 0. The molecule has 144 valence electrons. The molecule has 2 aromatic rings. The Morgan fingerprint density at radius 2 is 1.85 bits per heavy atom. The van der Waals surface area contributed by atoms with Crippen LogP contribution in [-0.2, 0) is 10.0 Å². The van der Waals surface area contributed by atoms with Gasteiger partial charge in [-0.05, 0) is 42.8 Å². The number of benzene rings is 2. The smallest absolute Gasteiger partial charge is 0.255 e. The van der Waals surface area contributed by atoms with Crippen LogP contribution in [0.2, 0.25) is 0 Å². The lowest BCUT2D eigenvalue weighted by Crippen LogP contribution is -2.23. The average Bonchev–Trinajstić information content (AvgIpc) is 2.68. The Morgan fingerprint density at radius 1 is 1.15 bits per heavy atom. The summed E-state index contributed by atoms with van der Waals surface area (Å²) in [5.74, 6) is 0.261. The van der Waals surface area contributed by atoms with Gasteiger partial charge in [0.2, 0.25) is 10.0 Å². The summed E-state index contributed by atoms with van der Waals surface area (Å²) in [4.78, 5) is 12.6. The van der Waals surface area contributed by atoms with Crippen LogP contribution in [0.5, 0.6) is 5.75 Å². The number of nitrogens with one attached hydrogen (secondary N) is 2. The van der Waals surface area contributed by atoms with Crippen molar-refractivity contribution in [1.82, 2.24) is 4.72 Å². The van der Waals surface area contributed by atoms with Gasteiger partial charge in [-0.3, -0.25) is 4.79 Å². The third-order valence-corrected chi connectivity index (χ3v) is 5.17. The Hall–Kier alpha value is -2.64. The van der Waals surface area contributed by atoms with Crippen molar-refractivity contribution in [3.8, 4) is 5.75 Å². The number of amides is 1. The highest BCUT2D eigenvalue weighted by Gasteiger charge is 2.15. The molecule has 6 nitrogen and oxygen atoms in total. The third-order valence-electron chi connectivity index (χ3n) is 3.74. The summed E-state index contributed by atoms with van der Waals surface area (Å²) in [6, 6.07) is 12.9. The molecule has 0 aromatic heterocycles. The number of rotatable bonds is 10. The molecule has 2 rings (SSSR count). The van der Waals surface area contributed by atoms with Crippen LogP contribution in [0, 0.1) is 0 Å². The van der Waals surface area contributed by atoms with Crippen molar-refractivity contribution >= 4 is 21.6 Å². The number of unbranched alkanes of at least 4 members (excludes halogenated alkanes) is 1. The minimum atomic E-state index is -3.62. The second-order valence-corrected chi connectivity index (χ2v) is 7.58. The second kappa shape index (κ2) is 9.89. The molecule has 0 heterocycles. The van der Waals surface area contributed by atoms with Gasteiger partial charge in [-0.2, -0.15) is 0 Å². The summed E-state index contributed by atoms with van der Waals surface area (Å²) in [6.45, 7) is 6.27. The van der Waals surface area contributed by atoms with E-state index in [2.05, 4.69) is 23.5 Å². The molecule has 2 N–H and O–H groups in total. The Morgan fingerprint density at radius 3 is 2.52 bits per heavy atom. The van der Waals surface area contributed by atoms with E-state index in [0.29, 0.717) is 23.6 Å². The first-order valence-corrected chi connectivity index (χ1v) is 10.2. The first-order chi connectivity index (χ1) is 13.0. The number of carbonyl (C=O) groups excluding carboxylic acids is 1. The van der Waals surface area contributed by atoms with E-state index in [4.69, 9.17) is 4.74 Å². The molecular formula is C20H24N2O4S. The minimum Gasteiger partial charge on any atom is -0.491 e. The highest BCUT2D eigenvalue weighted by atomic mass is 32.2. The number of sulfonamides is 1. The average molecular weight is 388 g/mol.